The van der Waals surface area contributed by atoms with Gasteiger partial charge in [0.1, 0.15) is 0 Å². The lowest BCUT2D eigenvalue weighted by Crippen LogP contribution is -1.93. The van der Waals surface area contributed by atoms with Crippen molar-refractivity contribution in [3.63, 3.8) is 0 Å². The highest BCUT2D eigenvalue weighted by Gasteiger charge is 1.96. The Morgan fingerprint density at radius 2 is 2.18 bits per heavy atom. The lowest BCUT2D eigenvalue weighted by atomic mass is 10.2. The van der Waals surface area contributed by atoms with E-state index in [1.165, 1.54) is 11.1 Å². The first-order valence-corrected chi connectivity index (χ1v) is 3.69. The second kappa shape index (κ2) is 2.09. The standard InChI is InChI=1S/C9H10N2/c1-7-6-8(2)10-11-5-3-4-9(7)11/h3-6H,1-2H3. The van der Waals surface area contributed by atoms with Crippen LogP contribution >= 0.6 is 0 Å². The molecular formula is C9H10N2. The van der Waals surface area contributed by atoms with Crippen molar-refractivity contribution >= 4 is 5.52 Å². The van der Waals surface area contributed by atoms with Crippen LogP contribution in [0.15, 0.2) is 24.4 Å². The Morgan fingerprint density at radius 1 is 1.36 bits per heavy atom. The van der Waals surface area contributed by atoms with Crippen molar-refractivity contribution in [3.05, 3.63) is 35.7 Å². The molecule has 2 aromatic heterocycles. The first kappa shape index (κ1) is 6.40. The average molecular weight is 146 g/mol. The number of hydrogen-bond donors (Lipinski definition) is 0. The first-order valence-electron chi connectivity index (χ1n) is 3.69. The summed E-state index contributed by atoms with van der Waals surface area (Å²) in [5, 5.41) is 4.31. The van der Waals surface area contributed by atoms with E-state index in [-0.39, 0.29) is 0 Å². The van der Waals surface area contributed by atoms with E-state index in [0.29, 0.717) is 0 Å². The third kappa shape index (κ3) is 0.909. The molecule has 56 valence electrons. The van der Waals surface area contributed by atoms with E-state index < -0.39 is 0 Å². The molecule has 0 aliphatic rings. The van der Waals surface area contributed by atoms with Gasteiger partial charge in [-0.05, 0) is 37.6 Å². The van der Waals surface area contributed by atoms with Gasteiger partial charge in [0.15, 0.2) is 0 Å². The minimum absolute atomic E-state index is 1.06. The molecule has 0 radical (unpaired) electrons. The third-order valence-electron chi connectivity index (χ3n) is 1.82. The number of aryl methyl sites for hydroxylation is 2. The summed E-state index contributed by atoms with van der Waals surface area (Å²) in [6.07, 6.45) is 1.97. The second-order valence-electron chi connectivity index (χ2n) is 2.81. The summed E-state index contributed by atoms with van der Waals surface area (Å²) in [5.74, 6) is 0. The molecule has 0 fully saturated rings. The van der Waals surface area contributed by atoms with Gasteiger partial charge in [-0.3, -0.25) is 0 Å². The summed E-state index contributed by atoms with van der Waals surface area (Å²) >= 11 is 0. The van der Waals surface area contributed by atoms with E-state index in [9.17, 15) is 0 Å². The van der Waals surface area contributed by atoms with Crippen LogP contribution < -0.4 is 0 Å². The SMILES string of the molecule is Cc1cc(C)c2cccn2n1. The molecule has 0 aliphatic heterocycles. The average Bonchev–Trinajstić information content (AvgIpc) is 2.34. The maximum atomic E-state index is 4.31. The normalized spacial score (nSPS) is 10.7. The summed E-state index contributed by atoms with van der Waals surface area (Å²) in [6, 6.07) is 6.17. The monoisotopic (exact) mass is 146 g/mol. The van der Waals surface area contributed by atoms with Crippen molar-refractivity contribution in [3.8, 4) is 0 Å². The van der Waals surface area contributed by atoms with Crippen molar-refractivity contribution in [1.82, 2.24) is 9.61 Å². The molecule has 2 rings (SSSR count). The van der Waals surface area contributed by atoms with E-state index in [1.54, 1.807) is 0 Å². The zero-order valence-corrected chi connectivity index (χ0v) is 6.70. The minimum Gasteiger partial charge on any atom is -0.241 e. The smallest absolute Gasteiger partial charge is 0.0675 e. The summed E-state index contributed by atoms with van der Waals surface area (Å²) < 4.78 is 1.91. The van der Waals surface area contributed by atoms with E-state index in [2.05, 4.69) is 24.2 Å². The van der Waals surface area contributed by atoms with Crippen LogP contribution in [0.2, 0.25) is 0 Å². The van der Waals surface area contributed by atoms with Crippen molar-refractivity contribution < 1.29 is 0 Å². The number of hydrogen-bond acceptors (Lipinski definition) is 1. The fourth-order valence-corrected chi connectivity index (χ4v) is 1.36. The second-order valence-corrected chi connectivity index (χ2v) is 2.81. The minimum atomic E-state index is 1.06. The van der Waals surface area contributed by atoms with Gasteiger partial charge in [-0.1, -0.05) is 0 Å². The van der Waals surface area contributed by atoms with Gasteiger partial charge in [0.2, 0.25) is 0 Å². The zero-order valence-electron chi connectivity index (χ0n) is 6.70. The maximum Gasteiger partial charge on any atom is 0.0675 e. The van der Waals surface area contributed by atoms with E-state index in [0.717, 1.165) is 5.69 Å². The lowest BCUT2D eigenvalue weighted by Gasteiger charge is -1.99. The molecule has 0 aromatic carbocycles. The number of nitrogens with zero attached hydrogens (tertiary/aromatic N) is 2. The van der Waals surface area contributed by atoms with Crippen molar-refractivity contribution in [2.75, 3.05) is 0 Å². The van der Waals surface area contributed by atoms with Crippen LogP contribution in [0.3, 0.4) is 0 Å². The highest BCUT2D eigenvalue weighted by molar-refractivity contribution is 5.53. The predicted octanol–water partition coefficient (Wildman–Crippen LogP) is 1.95. The molecule has 2 nitrogen and oxygen atoms in total. The summed E-state index contributed by atoms with van der Waals surface area (Å²) in [5.41, 5.74) is 3.53. The molecule has 0 bridgehead atoms. The fourth-order valence-electron chi connectivity index (χ4n) is 1.36. The van der Waals surface area contributed by atoms with Crippen LogP contribution in [0, 0.1) is 13.8 Å². The van der Waals surface area contributed by atoms with Crippen molar-refractivity contribution in [2.24, 2.45) is 0 Å². The van der Waals surface area contributed by atoms with Gasteiger partial charge in [-0.15, -0.1) is 0 Å². The molecule has 0 saturated heterocycles. The quantitative estimate of drug-likeness (QED) is 0.555. The highest BCUT2D eigenvalue weighted by atomic mass is 15.2. The first-order chi connectivity index (χ1) is 5.27. The molecule has 2 aromatic rings. The summed E-state index contributed by atoms with van der Waals surface area (Å²) in [4.78, 5) is 0. The fraction of sp³-hybridized carbons (Fsp3) is 0.222. The van der Waals surface area contributed by atoms with Crippen LogP contribution in [0.1, 0.15) is 11.3 Å². The summed E-state index contributed by atoms with van der Waals surface area (Å²) in [6.45, 7) is 4.11. The molecule has 0 unspecified atom stereocenters. The number of rotatable bonds is 0. The maximum absolute atomic E-state index is 4.31. The van der Waals surface area contributed by atoms with Crippen LogP contribution in [-0.4, -0.2) is 9.61 Å². The highest BCUT2D eigenvalue weighted by Crippen LogP contribution is 2.09. The Kier molecular flexibility index (Phi) is 1.22. The Balaban J connectivity index is 2.91. The van der Waals surface area contributed by atoms with E-state index in [1.807, 2.05) is 23.7 Å². The Bertz CT molecular complexity index is 387. The number of aromatic nitrogens is 2. The van der Waals surface area contributed by atoms with E-state index in [4.69, 9.17) is 0 Å². The van der Waals surface area contributed by atoms with Crippen molar-refractivity contribution in [1.29, 1.82) is 0 Å². The molecular weight excluding hydrogens is 136 g/mol. The third-order valence-corrected chi connectivity index (χ3v) is 1.82. The Morgan fingerprint density at radius 3 is 3.00 bits per heavy atom. The van der Waals surface area contributed by atoms with Crippen LogP contribution in [-0.2, 0) is 0 Å². The van der Waals surface area contributed by atoms with Gasteiger partial charge in [0.05, 0.1) is 11.2 Å². The molecule has 0 spiro atoms. The van der Waals surface area contributed by atoms with Gasteiger partial charge in [0.25, 0.3) is 0 Å². The van der Waals surface area contributed by atoms with Gasteiger partial charge < -0.3 is 0 Å². The van der Waals surface area contributed by atoms with Gasteiger partial charge >= 0.3 is 0 Å². The topological polar surface area (TPSA) is 17.3 Å². The lowest BCUT2D eigenvalue weighted by molar-refractivity contribution is 0.898. The molecule has 0 aliphatic carbocycles. The Labute approximate surface area is 65.5 Å². The zero-order chi connectivity index (χ0) is 7.84. The molecule has 2 heterocycles. The van der Waals surface area contributed by atoms with Gasteiger partial charge in [0, 0.05) is 6.20 Å². The van der Waals surface area contributed by atoms with Crippen molar-refractivity contribution in [2.45, 2.75) is 13.8 Å². The number of fused-ring (bicyclic) bond motifs is 1. The van der Waals surface area contributed by atoms with E-state index >= 15 is 0 Å². The van der Waals surface area contributed by atoms with Crippen LogP contribution in [0.5, 0.6) is 0 Å². The molecule has 0 saturated carbocycles. The van der Waals surface area contributed by atoms with Crippen LogP contribution in [0.25, 0.3) is 5.52 Å². The molecule has 0 atom stereocenters. The Hall–Kier alpha value is -1.31. The predicted molar refractivity (Wildman–Crippen MR) is 44.7 cm³/mol. The van der Waals surface area contributed by atoms with Gasteiger partial charge in [-0.25, -0.2) is 4.52 Å². The summed E-state index contributed by atoms with van der Waals surface area (Å²) in [7, 11) is 0. The largest absolute Gasteiger partial charge is 0.241 e. The molecule has 2 heteroatoms. The molecule has 0 amide bonds. The molecule has 0 N–H and O–H groups in total. The molecule has 11 heavy (non-hydrogen) atoms. The van der Waals surface area contributed by atoms with Crippen LogP contribution in [0.4, 0.5) is 0 Å². The van der Waals surface area contributed by atoms with Gasteiger partial charge in [-0.2, -0.15) is 5.10 Å².